The van der Waals surface area contributed by atoms with Gasteiger partial charge in [0.15, 0.2) is 0 Å². The lowest BCUT2D eigenvalue weighted by Crippen LogP contribution is -2.31. The third kappa shape index (κ3) is 3.88. The van der Waals surface area contributed by atoms with Gasteiger partial charge >= 0.3 is 0 Å². The van der Waals surface area contributed by atoms with Gasteiger partial charge in [0.25, 0.3) is 11.5 Å². The standard InChI is InChI=1S/C20H22N4O2S2/c1-5-8-21-16-14(18(25)23-9-6-7-13(4)17(23)22-16)10-15-19(26)24(11-12(2)3)20(27)28-15/h5-7,9-10,12,21H,1,8,11H2,2-4H3/b15-10-. The predicted octanol–water partition coefficient (Wildman–Crippen LogP) is 3.46. The molecule has 0 radical (unpaired) electrons. The van der Waals surface area contributed by atoms with Crippen LogP contribution in [0.1, 0.15) is 25.0 Å². The van der Waals surface area contributed by atoms with E-state index >= 15 is 0 Å². The second kappa shape index (κ2) is 8.28. The van der Waals surface area contributed by atoms with Crippen molar-refractivity contribution in [1.29, 1.82) is 0 Å². The molecule has 1 aliphatic heterocycles. The number of aryl methyl sites for hydroxylation is 1. The molecule has 6 nitrogen and oxygen atoms in total. The first-order valence-electron chi connectivity index (χ1n) is 8.95. The molecule has 0 bridgehead atoms. The van der Waals surface area contributed by atoms with E-state index in [0.29, 0.717) is 45.3 Å². The van der Waals surface area contributed by atoms with Crippen LogP contribution in [0.5, 0.6) is 0 Å². The summed E-state index contributed by atoms with van der Waals surface area (Å²) < 4.78 is 2.00. The van der Waals surface area contributed by atoms with Gasteiger partial charge in [0.1, 0.15) is 15.8 Å². The minimum Gasteiger partial charge on any atom is -0.366 e. The van der Waals surface area contributed by atoms with Crippen LogP contribution < -0.4 is 10.9 Å². The van der Waals surface area contributed by atoms with E-state index in [-0.39, 0.29) is 11.5 Å². The number of thioether (sulfide) groups is 1. The van der Waals surface area contributed by atoms with Gasteiger partial charge < -0.3 is 5.32 Å². The van der Waals surface area contributed by atoms with Crippen molar-refractivity contribution in [3.05, 3.63) is 57.4 Å². The summed E-state index contributed by atoms with van der Waals surface area (Å²) in [6.07, 6.45) is 4.96. The smallest absolute Gasteiger partial charge is 0.267 e. The van der Waals surface area contributed by atoms with Gasteiger partial charge in [-0.25, -0.2) is 4.98 Å². The molecule has 3 rings (SSSR count). The second-order valence-corrected chi connectivity index (χ2v) is 8.60. The summed E-state index contributed by atoms with van der Waals surface area (Å²) in [5, 5.41) is 3.11. The molecule has 2 aromatic rings. The summed E-state index contributed by atoms with van der Waals surface area (Å²) in [5.74, 6) is 0.544. The van der Waals surface area contributed by atoms with Gasteiger partial charge in [-0.2, -0.15) is 0 Å². The molecular formula is C20H22N4O2S2. The molecule has 1 fully saturated rings. The number of thiocarbonyl (C=S) groups is 1. The molecule has 0 spiro atoms. The molecule has 146 valence electrons. The molecule has 0 aliphatic carbocycles. The van der Waals surface area contributed by atoms with Crippen molar-refractivity contribution >= 4 is 51.7 Å². The van der Waals surface area contributed by atoms with Crippen LogP contribution in [0.2, 0.25) is 0 Å². The van der Waals surface area contributed by atoms with Crippen molar-refractivity contribution in [2.45, 2.75) is 20.8 Å². The molecule has 3 heterocycles. The molecule has 1 saturated heterocycles. The average Bonchev–Trinajstić information content (AvgIpc) is 2.90. The first-order valence-corrected chi connectivity index (χ1v) is 10.2. The van der Waals surface area contributed by atoms with Crippen molar-refractivity contribution < 1.29 is 4.79 Å². The number of amides is 1. The van der Waals surface area contributed by atoms with E-state index in [9.17, 15) is 9.59 Å². The molecule has 1 amide bonds. The van der Waals surface area contributed by atoms with E-state index in [2.05, 4.69) is 16.9 Å². The SMILES string of the molecule is C=CCNc1nc2c(C)cccn2c(=O)c1/C=C1\SC(=S)N(CC(C)C)C1=O. The summed E-state index contributed by atoms with van der Waals surface area (Å²) >= 11 is 6.57. The monoisotopic (exact) mass is 414 g/mol. The Morgan fingerprint density at radius 2 is 2.14 bits per heavy atom. The quantitative estimate of drug-likeness (QED) is 0.444. The van der Waals surface area contributed by atoms with E-state index in [4.69, 9.17) is 12.2 Å². The Labute approximate surface area is 173 Å². The molecule has 0 aromatic carbocycles. The Hall–Kier alpha value is -2.45. The molecule has 0 unspecified atom stereocenters. The second-order valence-electron chi connectivity index (χ2n) is 6.92. The van der Waals surface area contributed by atoms with Gasteiger partial charge in [0.05, 0.1) is 10.5 Å². The van der Waals surface area contributed by atoms with Crippen LogP contribution in [0.15, 0.2) is 40.7 Å². The first kappa shape index (κ1) is 20.3. The Kier molecular flexibility index (Phi) is 6.00. The fourth-order valence-corrected chi connectivity index (χ4v) is 4.16. The highest BCUT2D eigenvalue weighted by atomic mass is 32.2. The van der Waals surface area contributed by atoms with Gasteiger partial charge in [0, 0.05) is 19.3 Å². The Morgan fingerprint density at radius 1 is 1.39 bits per heavy atom. The van der Waals surface area contributed by atoms with Crippen LogP contribution in [-0.2, 0) is 4.79 Å². The zero-order valence-corrected chi connectivity index (χ0v) is 17.7. The van der Waals surface area contributed by atoms with E-state index in [0.717, 1.165) is 5.56 Å². The molecule has 0 atom stereocenters. The summed E-state index contributed by atoms with van der Waals surface area (Å²) in [7, 11) is 0. The Morgan fingerprint density at radius 3 is 2.82 bits per heavy atom. The number of hydrogen-bond donors (Lipinski definition) is 1. The molecular weight excluding hydrogens is 392 g/mol. The lowest BCUT2D eigenvalue weighted by Gasteiger charge is -2.16. The fourth-order valence-electron chi connectivity index (χ4n) is 2.90. The Bertz CT molecular complexity index is 1060. The van der Waals surface area contributed by atoms with E-state index in [1.807, 2.05) is 26.8 Å². The third-order valence-corrected chi connectivity index (χ3v) is 5.57. The fraction of sp³-hybridized carbons (Fsp3) is 0.300. The molecule has 0 saturated carbocycles. The lowest BCUT2D eigenvalue weighted by atomic mass is 10.2. The first-order chi connectivity index (χ1) is 13.3. The molecule has 8 heteroatoms. The number of nitrogens with zero attached hydrogens (tertiary/aromatic N) is 3. The van der Waals surface area contributed by atoms with Crippen LogP contribution in [0.4, 0.5) is 5.82 Å². The molecule has 28 heavy (non-hydrogen) atoms. The van der Waals surface area contributed by atoms with Gasteiger partial charge in [-0.05, 0) is 30.5 Å². The van der Waals surface area contributed by atoms with Crippen LogP contribution in [0, 0.1) is 12.8 Å². The minimum absolute atomic E-state index is 0.174. The van der Waals surface area contributed by atoms with Crippen molar-refractivity contribution in [2.24, 2.45) is 5.92 Å². The number of hydrogen-bond acceptors (Lipinski definition) is 6. The van der Waals surface area contributed by atoms with Crippen LogP contribution in [0.3, 0.4) is 0 Å². The summed E-state index contributed by atoms with van der Waals surface area (Å²) in [5.41, 5.74) is 1.55. The number of aromatic nitrogens is 2. The van der Waals surface area contributed by atoms with Crippen molar-refractivity contribution in [3.63, 3.8) is 0 Å². The number of carbonyl (C=O) groups excluding carboxylic acids is 1. The highest BCUT2D eigenvalue weighted by Gasteiger charge is 2.32. The summed E-state index contributed by atoms with van der Waals surface area (Å²) in [4.78, 5) is 32.6. The van der Waals surface area contributed by atoms with Crippen molar-refractivity contribution in [3.8, 4) is 0 Å². The highest BCUT2D eigenvalue weighted by Crippen LogP contribution is 2.33. The molecule has 1 N–H and O–H groups in total. The number of anilines is 1. The molecule has 2 aromatic heterocycles. The van der Waals surface area contributed by atoms with E-state index < -0.39 is 0 Å². The van der Waals surface area contributed by atoms with Crippen molar-refractivity contribution in [1.82, 2.24) is 14.3 Å². The van der Waals surface area contributed by atoms with Crippen molar-refractivity contribution in [2.75, 3.05) is 18.4 Å². The average molecular weight is 415 g/mol. The zero-order valence-electron chi connectivity index (χ0n) is 16.1. The Balaban J connectivity index is 2.14. The van der Waals surface area contributed by atoms with E-state index in [1.165, 1.54) is 16.2 Å². The number of carbonyl (C=O) groups is 1. The van der Waals surface area contributed by atoms with Gasteiger partial charge in [-0.1, -0.05) is 50.0 Å². The van der Waals surface area contributed by atoms with E-state index in [1.54, 1.807) is 29.3 Å². The predicted molar refractivity (Wildman–Crippen MR) is 120 cm³/mol. The number of pyridine rings is 1. The van der Waals surface area contributed by atoms with Crippen LogP contribution in [0.25, 0.3) is 11.7 Å². The largest absolute Gasteiger partial charge is 0.366 e. The number of nitrogens with one attached hydrogen (secondary N) is 1. The van der Waals surface area contributed by atoms with Crippen LogP contribution in [-0.4, -0.2) is 37.6 Å². The maximum atomic E-state index is 13.1. The lowest BCUT2D eigenvalue weighted by molar-refractivity contribution is -0.122. The topological polar surface area (TPSA) is 66.7 Å². The summed E-state index contributed by atoms with van der Waals surface area (Å²) in [6, 6.07) is 3.70. The third-order valence-electron chi connectivity index (χ3n) is 4.19. The number of rotatable bonds is 6. The minimum atomic E-state index is -0.241. The zero-order chi connectivity index (χ0) is 20.4. The van der Waals surface area contributed by atoms with Gasteiger partial charge in [0.2, 0.25) is 0 Å². The van der Waals surface area contributed by atoms with Gasteiger partial charge in [-0.15, -0.1) is 6.58 Å². The maximum absolute atomic E-state index is 13.1. The molecule has 1 aliphatic rings. The van der Waals surface area contributed by atoms with Crippen LogP contribution >= 0.6 is 24.0 Å². The summed E-state index contributed by atoms with van der Waals surface area (Å²) in [6.45, 7) is 10.7. The number of fused-ring (bicyclic) bond motifs is 1. The maximum Gasteiger partial charge on any atom is 0.267 e. The normalized spacial score (nSPS) is 15.9. The van der Waals surface area contributed by atoms with Gasteiger partial charge in [-0.3, -0.25) is 18.9 Å². The highest BCUT2D eigenvalue weighted by molar-refractivity contribution is 8.26.